The van der Waals surface area contributed by atoms with E-state index < -0.39 is 18.9 Å². The van der Waals surface area contributed by atoms with Gasteiger partial charge in [-0.1, -0.05) is 84.9 Å². The Kier molecular flexibility index (Phi) is 6.36. The van der Waals surface area contributed by atoms with Gasteiger partial charge in [-0.05, 0) is 44.6 Å². The molecular formula is C23H24NOPS. The first-order valence-electron chi connectivity index (χ1n) is 8.92. The van der Waals surface area contributed by atoms with E-state index in [1.807, 2.05) is 39.0 Å². The van der Waals surface area contributed by atoms with Crippen molar-refractivity contribution in [3.05, 3.63) is 90.5 Å². The highest BCUT2D eigenvalue weighted by molar-refractivity contribution is 7.85. The molecule has 0 aliphatic rings. The Labute approximate surface area is 165 Å². The van der Waals surface area contributed by atoms with E-state index in [1.54, 1.807) is 6.21 Å². The van der Waals surface area contributed by atoms with Gasteiger partial charge in [-0.3, -0.25) is 0 Å². The number of hydrogen-bond donors (Lipinski definition) is 0. The van der Waals surface area contributed by atoms with E-state index in [-0.39, 0.29) is 4.75 Å². The second kappa shape index (κ2) is 8.73. The lowest BCUT2D eigenvalue weighted by molar-refractivity contribution is 0.651. The topological polar surface area (TPSA) is 29.4 Å². The fraction of sp³-hybridized carbons (Fsp3) is 0.174. The van der Waals surface area contributed by atoms with Crippen molar-refractivity contribution >= 4 is 41.0 Å². The normalized spacial score (nSPS) is 13.2. The fourth-order valence-electron chi connectivity index (χ4n) is 2.64. The van der Waals surface area contributed by atoms with E-state index in [0.717, 1.165) is 5.56 Å². The quantitative estimate of drug-likeness (QED) is 0.469. The summed E-state index contributed by atoms with van der Waals surface area (Å²) in [7, 11) is -1.99. The number of nitrogens with zero attached hydrogens (tertiary/aromatic N) is 1. The van der Waals surface area contributed by atoms with Gasteiger partial charge in [-0.2, -0.15) is 4.40 Å². The van der Waals surface area contributed by atoms with Crippen LogP contribution in [0.2, 0.25) is 0 Å². The molecule has 0 amide bonds. The Balaban J connectivity index is 2.09. The minimum atomic E-state index is -1.27. The number of hydrogen-bond acceptors (Lipinski definition) is 1. The molecule has 0 aliphatic carbocycles. The van der Waals surface area contributed by atoms with Gasteiger partial charge in [0, 0.05) is 11.8 Å². The first-order chi connectivity index (χ1) is 13.0. The highest BCUT2D eigenvalue weighted by Crippen LogP contribution is 2.33. The van der Waals surface area contributed by atoms with Crippen LogP contribution in [0, 0.1) is 0 Å². The van der Waals surface area contributed by atoms with Crippen LogP contribution in [0.3, 0.4) is 0 Å². The number of rotatable bonds is 5. The van der Waals surface area contributed by atoms with Crippen LogP contribution in [0.4, 0.5) is 0 Å². The van der Waals surface area contributed by atoms with Gasteiger partial charge in [-0.15, -0.1) is 0 Å². The first-order valence-corrected chi connectivity index (χ1v) is 11.4. The average molecular weight is 393 g/mol. The Bertz CT molecular complexity index is 894. The summed E-state index contributed by atoms with van der Waals surface area (Å²) in [6.45, 7) is 5.81. The third-order valence-electron chi connectivity index (χ3n) is 4.02. The molecule has 0 saturated heterocycles. The summed E-state index contributed by atoms with van der Waals surface area (Å²) in [5.41, 5.74) is 1.02. The van der Waals surface area contributed by atoms with Gasteiger partial charge in [0.2, 0.25) is 0 Å². The molecule has 0 heterocycles. The molecule has 3 aromatic carbocycles. The Morgan fingerprint density at radius 2 is 1.26 bits per heavy atom. The van der Waals surface area contributed by atoms with Crippen molar-refractivity contribution in [1.29, 1.82) is 0 Å². The maximum Gasteiger partial charge on any atom is 0.144 e. The molecule has 0 bridgehead atoms. The van der Waals surface area contributed by atoms with E-state index in [2.05, 4.69) is 71.1 Å². The van der Waals surface area contributed by atoms with Crippen molar-refractivity contribution in [2.24, 2.45) is 4.40 Å². The highest BCUT2D eigenvalue weighted by Gasteiger charge is 2.20. The molecule has 0 saturated carbocycles. The molecule has 0 N–H and O–H groups in total. The van der Waals surface area contributed by atoms with Crippen LogP contribution in [0.25, 0.3) is 0 Å². The predicted octanol–water partition coefficient (Wildman–Crippen LogP) is 4.33. The zero-order valence-corrected chi connectivity index (χ0v) is 17.6. The molecule has 3 aromatic rings. The monoisotopic (exact) mass is 393 g/mol. The zero-order valence-electron chi connectivity index (χ0n) is 15.9. The second-order valence-corrected chi connectivity index (χ2v) is 11.3. The largest absolute Gasteiger partial charge is 0.234 e. The summed E-state index contributed by atoms with van der Waals surface area (Å²) >= 11 is 0. The van der Waals surface area contributed by atoms with E-state index >= 15 is 0 Å². The van der Waals surface area contributed by atoms with Crippen LogP contribution in [0.1, 0.15) is 26.3 Å². The standard InChI is InChI=1S/C23H24NOPS/c1-23(2,3)27(25)24-18-19-12-10-11-17-22(19)26(20-13-6-4-7-14-20)21-15-8-5-9-16-21/h4-18H,1-3H3/t27-/m0/s1. The lowest BCUT2D eigenvalue weighted by Gasteiger charge is -2.21. The van der Waals surface area contributed by atoms with Crippen molar-refractivity contribution in [3.63, 3.8) is 0 Å². The minimum Gasteiger partial charge on any atom is -0.234 e. The third kappa shape index (κ3) is 5.00. The molecule has 0 unspecified atom stereocenters. The summed E-state index contributed by atoms with van der Waals surface area (Å²) in [5.74, 6) is 0. The molecule has 0 fully saturated rings. The highest BCUT2D eigenvalue weighted by atomic mass is 32.2. The van der Waals surface area contributed by atoms with Crippen LogP contribution in [0.15, 0.2) is 89.3 Å². The maximum atomic E-state index is 12.4. The van der Waals surface area contributed by atoms with Gasteiger partial charge >= 0.3 is 0 Å². The van der Waals surface area contributed by atoms with Crippen LogP contribution < -0.4 is 15.9 Å². The van der Waals surface area contributed by atoms with E-state index in [4.69, 9.17) is 0 Å². The molecule has 0 radical (unpaired) electrons. The van der Waals surface area contributed by atoms with Crippen LogP contribution >= 0.6 is 7.92 Å². The van der Waals surface area contributed by atoms with Crippen LogP contribution in [-0.4, -0.2) is 15.2 Å². The van der Waals surface area contributed by atoms with Gasteiger partial charge in [0.05, 0.1) is 4.75 Å². The van der Waals surface area contributed by atoms with Gasteiger partial charge < -0.3 is 0 Å². The molecular weight excluding hydrogens is 369 g/mol. The van der Waals surface area contributed by atoms with Gasteiger partial charge in [0.1, 0.15) is 11.0 Å². The summed E-state index contributed by atoms with van der Waals surface area (Å²) in [6, 6.07) is 29.4. The predicted molar refractivity (Wildman–Crippen MR) is 121 cm³/mol. The summed E-state index contributed by atoms with van der Waals surface area (Å²) < 4.78 is 16.4. The third-order valence-corrected chi connectivity index (χ3v) is 7.88. The molecule has 1 atom stereocenters. The first kappa shape index (κ1) is 19.7. The molecule has 3 rings (SSSR count). The lowest BCUT2D eigenvalue weighted by Crippen LogP contribution is -2.24. The minimum absolute atomic E-state index is 0.366. The van der Waals surface area contributed by atoms with Gasteiger partial charge in [0.25, 0.3) is 0 Å². The van der Waals surface area contributed by atoms with Crippen molar-refractivity contribution in [3.8, 4) is 0 Å². The average Bonchev–Trinajstić information content (AvgIpc) is 2.68. The van der Waals surface area contributed by atoms with Crippen molar-refractivity contribution < 1.29 is 4.21 Å². The van der Waals surface area contributed by atoms with Gasteiger partial charge in [0.15, 0.2) is 0 Å². The Hall–Kier alpha value is -2.09. The summed E-state index contributed by atoms with van der Waals surface area (Å²) in [4.78, 5) is 0. The SMILES string of the molecule is CC(C)(C)[S@](=O)N=Cc1ccccc1P(c1ccccc1)c1ccccc1. The van der Waals surface area contributed by atoms with E-state index in [1.165, 1.54) is 15.9 Å². The fourth-order valence-corrected chi connectivity index (χ4v) is 5.59. The zero-order chi connectivity index (χ0) is 19.3. The second-order valence-electron chi connectivity index (χ2n) is 7.16. The van der Waals surface area contributed by atoms with Crippen LogP contribution in [0.5, 0.6) is 0 Å². The Morgan fingerprint density at radius 1 is 0.778 bits per heavy atom. The molecule has 0 aliphatic heterocycles. The van der Waals surface area contributed by atoms with Crippen LogP contribution in [-0.2, 0) is 11.0 Å². The van der Waals surface area contributed by atoms with Crippen molar-refractivity contribution in [1.82, 2.24) is 0 Å². The lowest BCUT2D eigenvalue weighted by atomic mass is 10.2. The summed E-state index contributed by atoms with van der Waals surface area (Å²) in [5, 5.41) is 3.80. The molecule has 0 aromatic heterocycles. The smallest absolute Gasteiger partial charge is 0.144 e. The molecule has 0 spiro atoms. The Morgan fingerprint density at radius 3 is 1.78 bits per heavy atom. The molecule has 138 valence electrons. The molecule has 27 heavy (non-hydrogen) atoms. The van der Waals surface area contributed by atoms with E-state index in [0.29, 0.717) is 0 Å². The van der Waals surface area contributed by atoms with Crippen molar-refractivity contribution in [2.45, 2.75) is 25.5 Å². The maximum absolute atomic E-state index is 12.4. The molecule has 4 heteroatoms. The van der Waals surface area contributed by atoms with Gasteiger partial charge in [-0.25, -0.2) is 4.21 Å². The number of benzene rings is 3. The van der Waals surface area contributed by atoms with Crippen molar-refractivity contribution in [2.75, 3.05) is 0 Å². The molecule has 2 nitrogen and oxygen atoms in total. The van der Waals surface area contributed by atoms with E-state index in [9.17, 15) is 4.21 Å². The summed E-state index contributed by atoms with van der Waals surface area (Å²) in [6.07, 6.45) is 1.78.